The lowest BCUT2D eigenvalue weighted by molar-refractivity contribution is -0.0393. The Morgan fingerprint density at radius 3 is 1.51 bits per heavy atom. The van der Waals surface area contributed by atoms with Gasteiger partial charge in [0.2, 0.25) is 0 Å². The molecule has 292 valence electrons. The smallest absolute Gasteiger partial charge is 0.0278 e. The van der Waals surface area contributed by atoms with Crippen LogP contribution in [0.4, 0.5) is 0 Å². The van der Waals surface area contributed by atoms with Crippen LogP contribution in [0.25, 0.3) is 88.0 Å². The van der Waals surface area contributed by atoms with Crippen LogP contribution in [0.3, 0.4) is 0 Å². The molecule has 6 aliphatic rings. The van der Waals surface area contributed by atoms with E-state index < -0.39 is 0 Å². The van der Waals surface area contributed by atoms with E-state index >= 15 is 0 Å². The van der Waals surface area contributed by atoms with Crippen molar-refractivity contribution in [3.05, 3.63) is 192 Å². The predicted octanol–water partition coefficient (Wildman–Crippen LogP) is 16.2. The van der Waals surface area contributed by atoms with Gasteiger partial charge in [-0.25, -0.2) is 0 Å². The third-order valence-corrected chi connectivity index (χ3v) is 16.8. The summed E-state index contributed by atoms with van der Waals surface area (Å²) in [6, 6.07) is 65.7. The zero-order valence-corrected chi connectivity index (χ0v) is 35.0. The van der Waals surface area contributed by atoms with E-state index in [1.807, 2.05) is 0 Å². The molecule has 0 amide bonds. The Morgan fingerprint density at radius 2 is 0.836 bits per heavy atom. The molecule has 9 aromatic rings. The second-order valence-corrected chi connectivity index (χ2v) is 20.0. The van der Waals surface area contributed by atoms with Crippen molar-refractivity contribution in [2.45, 2.75) is 56.8 Å². The monoisotopic (exact) mass is 780 g/mol. The number of fused-ring (bicyclic) bond motifs is 10. The van der Waals surface area contributed by atoms with Crippen molar-refractivity contribution in [2.24, 2.45) is 23.7 Å². The highest BCUT2D eigenvalue weighted by molar-refractivity contribution is 6.21. The molecule has 0 N–H and O–H groups in total. The van der Waals surface area contributed by atoms with Crippen molar-refractivity contribution in [1.29, 1.82) is 0 Å². The summed E-state index contributed by atoms with van der Waals surface area (Å²) >= 11 is 0. The largest absolute Gasteiger partial charge is 0.0619 e. The van der Waals surface area contributed by atoms with Crippen LogP contribution in [0.1, 0.15) is 68.2 Å². The minimum absolute atomic E-state index is 0.0190. The van der Waals surface area contributed by atoms with Gasteiger partial charge in [-0.3, -0.25) is 0 Å². The Morgan fingerprint density at radius 1 is 0.361 bits per heavy atom. The fourth-order valence-electron chi connectivity index (χ4n) is 14.6. The summed E-state index contributed by atoms with van der Waals surface area (Å²) in [5.74, 6) is 3.24. The lowest BCUT2D eigenvalue weighted by Crippen LogP contribution is -2.55. The van der Waals surface area contributed by atoms with E-state index in [1.54, 1.807) is 11.1 Å². The molecule has 0 aromatic heterocycles. The molecule has 4 saturated carbocycles. The summed E-state index contributed by atoms with van der Waals surface area (Å²) in [6.07, 6.45) is 7.01. The molecular weight excluding hydrogens is 733 g/mol. The Balaban J connectivity index is 0.932. The van der Waals surface area contributed by atoms with Crippen LogP contribution in [-0.4, -0.2) is 0 Å². The molecule has 1 spiro atoms. The Kier molecular flexibility index (Phi) is 6.89. The van der Waals surface area contributed by atoms with Crippen molar-refractivity contribution in [3.63, 3.8) is 0 Å². The van der Waals surface area contributed by atoms with Crippen LogP contribution in [0.5, 0.6) is 0 Å². The first-order valence-electron chi connectivity index (χ1n) is 22.9. The Labute approximate surface area is 358 Å². The zero-order chi connectivity index (χ0) is 40.2. The van der Waals surface area contributed by atoms with Crippen LogP contribution in [0.2, 0.25) is 0 Å². The highest BCUT2D eigenvalue weighted by atomic mass is 14.6. The molecule has 6 aliphatic carbocycles. The average Bonchev–Trinajstić information content (AvgIpc) is 3.72. The van der Waals surface area contributed by atoms with E-state index in [2.05, 4.69) is 184 Å². The molecule has 4 fully saturated rings. The van der Waals surface area contributed by atoms with Gasteiger partial charge in [-0.1, -0.05) is 172 Å². The predicted molar refractivity (Wildman–Crippen MR) is 256 cm³/mol. The lowest BCUT2D eigenvalue weighted by atomic mass is 9.43. The second-order valence-electron chi connectivity index (χ2n) is 20.0. The van der Waals surface area contributed by atoms with Crippen molar-refractivity contribution in [3.8, 4) is 55.6 Å². The molecule has 61 heavy (non-hydrogen) atoms. The maximum Gasteiger partial charge on any atom is 0.0278 e. The van der Waals surface area contributed by atoms with Gasteiger partial charge in [0.15, 0.2) is 0 Å². The fraction of sp³-hybridized carbons (Fsp3) is 0.213. The molecule has 0 aliphatic heterocycles. The summed E-state index contributed by atoms with van der Waals surface area (Å²) in [7, 11) is 0. The van der Waals surface area contributed by atoms with Gasteiger partial charge in [0.1, 0.15) is 0 Å². The van der Waals surface area contributed by atoms with E-state index in [9.17, 15) is 0 Å². The van der Waals surface area contributed by atoms with Gasteiger partial charge < -0.3 is 0 Å². The molecule has 15 rings (SSSR count). The molecule has 0 heteroatoms. The fourth-order valence-corrected chi connectivity index (χ4v) is 14.6. The minimum Gasteiger partial charge on any atom is -0.0619 e. The van der Waals surface area contributed by atoms with Crippen LogP contribution in [-0.2, 0) is 10.8 Å². The first kappa shape index (κ1) is 34.5. The third kappa shape index (κ3) is 4.51. The van der Waals surface area contributed by atoms with Gasteiger partial charge in [-0.05, 0) is 178 Å². The second kappa shape index (κ2) is 12.2. The molecule has 0 unspecified atom stereocenters. The SMILES string of the molecule is CC1(C)c2ccccc2-c2ccc(-c3ccc(-c4c5ccccc5c(-c5ccc6c(c5)C5(c7c-6ccc6ccccc76)C6CC7CC(C6)CC5C7)c5ccccc45)cc3)cc21. The van der Waals surface area contributed by atoms with Crippen LogP contribution in [0.15, 0.2) is 170 Å². The molecule has 0 atom stereocenters. The standard InChI is InChI=1S/C61H48/c1-60(2)54-18-10-9-13-46(54)47-26-24-41(34-55(47)60)38-19-21-40(22-20-38)57-49-14-5-7-16-51(49)58(52-17-8-6-15-50(52)57)42-25-27-48-53-28-23-39-11-3-4-12-45(39)59(53)61(56(48)35-42)43-30-36-29-37(32-43)33-44(61)31-36/h3-28,34-37,43-44H,29-33H2,1-2H3. The number of hydrogen-bond acceptors (Lipinski definition) is 0. The van der Waals surface area contributed by atoms with E-state index in [0.29, 0.717) is 11.8 Å². The van der Waals surface area contributed by atoms with Crippen molar-refractivity contribution in [1.82, 2.24) is 0 Å². The van der Waals surface area contributed by atoms with Gasteiger partial charge in [0.25, 0.3) is 0 Å². The third-order valence-electron chi connectivity index (χ3n) is 16.8. The van der Waals surface area contributed by atoms with Crippen molar-refractivity contribution in [2.75, 3.05) is 0 Å². The van der Waals surface area contributed by atoms with E-state index in [0.717, 1.165) is 11.8 Å². The average molecular weight is 781 g/mol. The molecule has 0 radical (unpaired) electrons. The number of rotatable bonds is 3. The molecule has 0 nitrogen and oxygen atoms in total. The van der Waals surface area contributed by atoms with Crippen LogP contribution < -0.4 is 0 Å². The highest BCUT2D eigenvalue weighted by Crippen LogP contribution is 2.70. The minimum atomic E-state index is -0.0190. The van der Waals surface area contributed by atoms with Crippen LogP contribution in [0, 0.1) is 23.7 Å². The van der Waals surface area contributed by atoms with E-state index in [-0.39, 0.29) is 10.8 Å². The first-order chi connectivity index (χ1) is 30.0. The quantitative estimate of drug-likeness (QED) is 0.157. The van der Waals surface area contributed by atoms with Crippen LogP contribution >= 0.6 is 0 Å². The van der Waals surface area contributed by atoms with E-state index in [4.69, 9.17) is 0 Å². The topological polar surface area (TPSA) is 0 Å². The Bertz CT molecular complexity index is 3250. The van der Waals surface area contributed by atoms with Gasteiger partial charge in [0.05, 0.1) is 0 Å². The molecule has 9 aromatic carbocycles. The van der Waals surface area contributed by atoms with E-state index in [1.165, 1.54) is 131 Å². The lowest BCUT2D eigenvalue weighted by Gasteiger charge is -2.61. The van der Waals surface area contributed by atoms with Crippen molar-refractivity contribution < 1.29 is 0 Å². The van der Waals surface area contributed by atoms with Gasteiger partial charge >= 0.3 is 0 Å². The summed E-state index contributed by atoms with van der Waals surface area (Å²) < 4.78 is 0. The zero-order valence-electron chi connectivity index (χ0n) is 35.0. The number of hydrogen-bond donors (Lipinski definition) is 0. The van der Waals surface area contributed by atoms with Crippen molar-refractivity contribution >= 4 is 32.3 Å². The maximum atomic E-state index is 2.70. The van der Waals surface area contributed by atoms with Gasteiger partial charge in [0, 0.05) is 10.8 Å². The first-order valence-corrected chi connectivity index (χ1v) is 22.9. The molecule has 0 heterocycles. The molecular formula is C61H48. The summed E-state index contributed by atoms with van der Waals surface area (Å²) in [4.78, 5) is 0. The van der Waals surface area contributed by atoms with Gasteiger partial charge in [-0.15, -0.1) is 0 Å². The Hall–Kier alpha value is -6.24. The summed E-state index contributed by atoms with van der Waals surface area (Å²) in [6.45, 7) is 4.74. The highest BCUT2D eigenvalue weighted by Gasteiger charge is 2.62. The maximum absolute atomic E-state index is 2.70. The molecule has 0 saturated heterocycles. The van der Waals surface area contributed by atoms with Gasteiger partial charge in [-0.2, -0.15) is 0 Å². The summed E-state index contributed by atoms with van der Waals surface area (Å²) in [5, 5.41) is 8.19. The number of benzene rings is 9. The summed E-state index contributed by atoms with van der Waals surface area (Å²) in [5.41, 5.74) is 19.8. The normalized spacial score (nSPS) is 23.4. The molecule has 4 bridgehead atoms.